The van der Waals surface area contributed by atoms with Crippen molar-refractivity contribution in [2.45, 2.75) is 12.8 Å². The third kappa shape index (κ3) is 3.20. The first-order valence-corrected chi connectivity index (χ1v) is 7.16. The average Bonchev–Trinajstić information content (AvgIpc) is 2.38. The van der Waals surface area contributed by atoms with Crippen molar-refractivity contribution in [3.05, 3.63) is 23.8 Å². The Labute approximate surface area is 115 Å². The van der Waals surface area contributed by atoms with Crippen molar-refractivity contribution >= 4 is 29.3 Å². The van der Waals surface area contributed by atoms with Gasteiger partial charge in [0.05, 0.1) is 17.2 Å². The number of aryl methyl sites for hydroxylation is 1. The van der Waals surface area contributed by atoms with Crippen LogP contribution in [0.15, 0.2) is 18.2 Å². The van der Waals surface area contributed by atoms with Gasteiger partial charge in [-0.1, -0.05) is 12.1 Å². The second-order valence-electron chi connectivity index (χ2n) is 4.32. The number of hydrogen-bond acceptors (Lipinski definition) is 4. The number of hydrogen-bond donors (Lipinski definition) is 2. The van der Waals surface area contributed by atoms with E-state index in [4.69, 9.17) is 5.11 Å². The fourth-order valence-corrected chi connectivity index (χ4v) is 2.79. The molecule has 0 aromatic heterocycles. The van der Waals surface area contributed by atoms with E-state index in [1.807, 2.05) is 6.07 Å². The SMILES string of the molecule is O=C(O)CSCC(=O)N1CCCc2cccc(O)c21. The Morgan fingerprint density at radius 2 is 2.11 bits per heavy atom. The highest BCUT2D eigenvalue weighted by atomic mass is 32.2. The number of carboxylic acid groups (broad SMARTS) is 1. The predicted molar refractivity (Wildman–Crippen MR) is 73.7 cm³/mol. The van der Waals surface area contributed by atoms with Gasteiger partial charge in [-0.05, 0) is 24.5 Å². The number of nitrogens with zero attached hydrogens (tertiary/aromatic N) is 1. The lowest BCUT2D eigenvalue weighted by Crippen LogP contribution is -2.36. The number of carbonyl (C=O) groups excluding carboxylic acids is 1. The van der Waals surface area contributed by atoms with E-state index < -0.39 is 5.97 Å². The number of phenolic OH excluding ortho intramolecular Hbond substituents is 1. The number of benzene rings is 1. The van der Waals surface area contributed by atoms with E-state index in [2.05, 4.69) is 0 Å². The van der Waals surface area contributed by atoms with Gasteiger partial charge >= 0.3 is 5.97 Å². The van der Waals surface area contributed by atoms with Crippen molar-refractivity contribution < 1.29 is 19.8 Å². The van der Waals surface area contributed by atoms with E-state index in [1.54, 1.807) is 17.0 Å². The number of thioether (sulfide) groups is 1. The molecule has 0 fully saturated rings. The number of anilines is 1. The van der Waals surface area contributed by atoms with Crippen LogP contribution in [0, 0.1) is 0 Å². The number of carboxylic acids is 1. The number of fused-ring (bicyclic) bond motifs is 1. The molecule has 5 nitrogen and oxygen atoms in total. The topological polar surface area (TPSA) is 77.8 Å². The molecule has 1 amide bonds. The molecule has 0 saturated heterocycles. The molecule has 0 unspecified atom stereocenters. The van der Waals surface area contributed by atoms with E-state index in [0.29, 0.717) is 12.2 Å². The van der Waals surface area contributed by atoms with E-state index >= 15 is 0 Å². The van der Waals surface area contributed by atoms with Gasteiger partial charge in [-0.2, -0.15) is 0 Å². The van der Waals surface area contributed by atoms with Crippen molar-refractivity contribution in [2.75, 3.05) is 23.0 Å². The highest BCUT2D eigenvalue weighted by molar-refractivity contribution is 8.00. The summed E-state index contributed by atoms with van der Waals surface area (Å²) in [6.45, 7) is 0.567. The molecule has 1 aliphatic rings. The zero-order valence-corrected chi connectivity index (χ0v) is 11.2. The molecule has 2 rings (SSSR count). The summed E-state index contributed by atoms with van der Waals surface area (Å²) >= 11 is 1.07. The monoisotopic (exact) mass is 281 g/mol. The summed E-state index contributed by atoms with van der Waals surface area (Å²) < 4.78 is 0. The van der Waals surface area contributed by atoms with Crippen molar-refractivity contribution in [3.8, 4) is 5.75 Å². The van der Waals surface area contributed by atoms with Gasteiger partial charge in [0.25, 0.3) is 0 Å². The highest BCUT2D eigenvalue weighted by Gasteiger charge is 2.25. The summed E-state index contributed by atoms with van der Waals surface area (Å²) in [5, 5.41) is 18.4. The largest absolute Gasteiger partial charge is 0.506 e. The lowest BCUT2D eigenvalue weighted by Gasteiger charge is -2.30. The smallest absolute Gasteiger partial charge is 0.313 e. The number of aromatic hydroxyl groups is 1. The third-order valence-corrected chi connectivity index (χ3v) is 3.85. The van der Waals surface area contributed by atoms with Crippen LogP contribution in [0.25, 0.3) is 0 Å². The van der Waals surface area contributed by atoms with Crippen molar-refractivity contribution in [1.82, 2.24) is 0 Å². The van der Waals surface area contributed by atoms with Crippen LogP contribution in [0.5, 0.6) is 5.75 Å². The fraction of sp³-hybridized carbons (Fsp3) is 0.385. The molecule has 6 heteroatoms. The Kier molecular flexibility index (Phi) is 4.31. The number of phenols is 1. The molecule has 102 valence electrons. The van der Waals surface area contributed by atoms with Gasteiger partial charge in [0.1, 0.15) is 5.75 Å². The maximum absolute atomic E-state index is 12.1. The van der Waals surface area contributed by atoms with Crippen LogP contribution in [0.3, 0.4) is 0 Å². The van der Waals surface area contributed by atoms with Gasteiger partial charge in [-0.15, -0.1) is 11.8 Å². The first-order chi connectivity index (χ1) is 9.09. The quantitative estimate of drug-likeness (QED) is 0.874. The molecule has 0 atom stereocenters. The Morgan fingerprint density at radius 3 is 2.84 bits per heavy atom. The standard InChI is InChI=1S/C13H15NO4S/c15-10-5-1-3-9-4-2-6-14(13(9)10)11(16)7-19-8-12(17)18/h1,3,5,15H,2,4,6-8H2,(H,17,18). The molecule has 0 aliphatic carbocycles. The zero-order valence-electron chi connectivity index (χ0n) is 10.3. The Balaban J connectivity index is 2.10. The normalized spacial score (nSPS) is 14.0. The van der Waals surface area contributed by atoms with Crippen molar-refractivity contribution in [1.29, 1.82) is 0 Å². The van der Waals surface area contributed by atoms with Crippen LogP contribution in [-0.4, -0.2) is 40.1 Å². The lowest BCUT2D eigenvalue weighted by atomic mass is 10.0. The Hall–Kier alpha value is -1.69. The van der Waals surface area contributed by atoms with Gasteiger partial charge in [0.2, 0.25) is 5.91 Å². The second kappa shape index (κ2) is 5.97. The molecule has 0 spiro atoms. The molecule has 19 heavy (non-hydrogen) atoms. The molecule has 0 saturated carbocycles. The van der Waals surface area contributed by atoms with Gasteiger partial charge in [0, 0.05) is 6.54 Å². The molecular formula is C13H15NO4S. The molecule has 0 bridgehead atoms. The summed E-state index contributed by atoms with van der Waals surface area (Å²) in [5.74, 6) is -0.963. The minimum absolute atomic E-state index is 0.0901. The van der Waals surface area contributed by atoms with E-state index in [-0.39, 0.29) is 23.2 Å². The van der Waals surface area contributed by atoms with Crippen LogP contribution in [0.2, 0.25) is 0 Å². The number of amides is 1. The maximum Gasteiger partial charge on any atom is 0.313 e. The summed E-state index contributed by atoms with van der Waals surface area (Å²) in [7, 11) is 0. The van der Waals surface area contributed by atoms with Gasteiger partial charge in [-0.25, -0.2) is 0 Å². The minimum atomic E-state index is -0.931. The molecule has 1 aromatic carbocycles. The maximum atomic E-state index is 12.1. The molecule has 0 radical (unpaired) electrons. The summed E-state index contributed by atoms with van der Waals surface area (Å²) in [5.41, 5.74) is 1.54. The first kappa shape index (κ1) is 13.7. The molecule has 1 aromatic rings. The minimum Gasteiger partial charge on any atom is -0.506 e. The Bertz CT molecular complexity index is 503. The second-order valence-corrected chi connectivity index (χ2v) is 5.31. The third-order valence-electron chi connectivity index (χ3n) is 2.95. The Morgan fingerprint density at radius 1 is 1.32 bits per heavy atom. The fourth-order valence-electron chi connectivity index (χ4n) is 2.18. The first-order valence-electron chi connectivity index (χ1n) is 6.00. The lowest BCUT2D eigenvalue weighted by molar-refractivity contribution is -0.133. The van der Waals surface area contributed by atoms with Gasteiger partial charge < -0.3 is 15.1 Å². The molecule has 1 aliphatic heterocycles. The predicted octanol–water partition coefficient (Wildman–Crippen LogP) is 1.49. The zero-order chi connectivity index (χ0) is 13.8. The average molecular weight is 281 g/mol. The highest BCUT2D eigenvalue weighted by Crippen LogP contribution is 2.35. The number of para-hydroxylation sites is 1. The van der Waals surface area contributed by atoms with Gasteiger partial charge in [-0.3, -0.25) is 9.59 Å². The molecule has 2 N–H and O–H groups in total. The van der Waals surface area contributed by atoms with Crippen LogP contribution in [0.4, 0.5) is 5.69 Å². The number of rotatable bonds is 4. The van der Waals surface area contributed by atoms with Crippen LogP contribution < -0.4 is 4.90 Å². The number of aliphatic carboxylic acids is 1. The van der Waals surface area contributed by atoms with Crippen LogP contribution in [-0.2, 0) is 16.0 Å². The summed E-state index contributed by atoms with van der Waals surface area (Å²) in [4.78, 5) is 24.1. The summed E-state index contributed by atoms with van der Waals surface area (Å²) in [6.07, 6.45) is 1.70. The van der Waals surface area contributed by atoms with Gasteiger partial charge in [0.15, 0.2) is 0 Å². The van der Waals surface area contributed by atoms with E-state index in [1.165, 1.54) is 0 Å². The number of carbonyl (C=O) groups is 2. The molecular weight excluding hydrogens is 266 g/mol. The summed E-state index contributed by atoms with van der Waals surface area (Å²) in [6, 6.07) is 5.23. The van der Waals surface area contributed by atoms with E-state index in [0.717, 1.165) is 30.2 Å². The van der Waals surface area contributed by atoms with Crippen LogP contribution >= 0.6 is 11.8 Å². The van der Waals surface area contributed by atoms with Crippen LogP contribution in [0.1, 0.15) is 12.0 Å². The van der Waals surface area contributed by atoms with Crippen molar-refractivity contribution in [2.24, 2.45) is 0 Å². The van der Waals surface area contributed by atoms with E-state index in [9.17, 15) is 14.7 Å². The molecule has 1 heterocycles. The van der Waals surface area contributed by atoms with Crippen molar-refractivity contribution in [3.63, 3.8) is 0 Å².